The van der Waals surface area contributed by atoms with E-state index in [4.69, 9.17) is 10.00 Å². The highest BCUT2D eigenvalue weighted by molar-refractivity contribution is 5.90. The van der Waals surface area contributed by atoms with Crippen molar-refractivity contribution in [1.29, 1.82) is 5.26 Å². The van der Waals surface area contributed by atoms with E-state index in [1.54, 1.807) is 23.1 Å². The fraction of sp³-hybridized carbons (Fsp3) is 0.471. The number of likely N-dealkylation sites (tertiary alicyclic amines) is 1. The average Bonchev–Trinajstić information content (AvgIpc) is 3.04. The summed E-state index contributed by atoms with van der Waals surface area (Å²) >= 11 is 0. The molecular formula is C17H21N3O4. The van der Waals surface area contributed by atoms with Crippen LogP contribution in [0.15, 0.2) is 18.2 Å². The third kappa shape index (κ3) is 4.38. The van der Waals surface area contributed by atoms with Crippen molar-refractivity contribution in [2.24, 2.45) is 5.92 Å². The van der Waals surface area contributed by atoms with Crippen LogP contribution in [0.1, 0.15) is 25.3 Å². The second-order valence-electron chi connectivity index (χ2n) is 5.57. The first-order valence-electron chi connectivity index (χ1n) is 7.87. The van der Waals surface area contributed by atoms with Crippen molar-refractivity contribution >= 4 is 17.7 Å². The van der Waals surface area contributed by atoms with Crippen LogP contribution >= 0.6 is 0 Å². The molecule has 1 heterocycles. The van der Waals surface area contributed by atoms with Gasteiger partial charge in [-0.25, -0.2) is 4.79 Å². The summed E-state index contributed by atoms with van der Waals surface area (Å²) in [5, 5.41) is 11.9. The minimum Gasteiger partial charge on any atom is -0.492 e. The number of hydrogen-bond donors (Lipinski definition) is 1. The molecule has 1 saturated heterocycles. The van der Waals surface area contributed by atoms with E-state index in [0.29, 0.717) is 43.1 Å². The number of nitriles is 1. The number of carbonyl (C=O) groups excluding carboxylic acids is 2. The monoisotopic (exact) mass is 331 g/mol. The molecular weight excluding hydrogens is 310 g/mol. The van der Waals surface area contributed by atoms with Gasteiger partial charge in [0.1, 0.15) is 11.8 Å². The SMILES string of the molecule is CCOc1ccc(NC(=O)N2CC[C@H](CC(=O)OC)C2)cc1C#N. The Balaban J connectivity index is 1.95. The molecule has 2 rings (SSSR count). The summed E-state index contributed by atoms with van der Waals surface area (Å²) in [6.45, 7) is 3.42. The molecule has 2 amide bonds. The normalized spacial score (nSPS) is 16.4. The minimum absolute atomic E-state index is 0.123. The number of carbonyl (C=O) groups is 2. The zero-order chi connectivity index (χ0) is 17.5. The summed E-state index contributed by atoms with van der Waals surface area (Å²) in [5.41, 5.74) is 0.913. The van der Waals surface area contributed by atoms with Crippen LogP contribution in [0.25, 0.3) is 0 Å². The van der Waals surface area contributed by atoms with Gasteiger partial charge in [-0.1, -0.05) is 0 Å². The molecule has 0 bridgehead atoms. The quantitative estimate of drug-likeness (QED) is 0.836. The Morgan fingerprint density at radius 1 is 1.46 bits per heavy atom. The van der Waals surface area contributed by atoms with Gasteiger partial charge in [-0.2, -0.15) is 5.26 Å². The van der Waals surface area contributed by atoms with E-state index in [9.17, 15) is 9.59 Å². The highest BCUT2D eigenvalue weighted by Gasteiger charge is 2.28. The molecule has 0 aromatic heterocycles. The van der Waals surface area contributed by atoms with Gasteiger partial charge in [-0.15, -0.1) is 0 Å². The van der Waals surface area contributed by atoms with Crippen molar-refractivity contribution in [1.82, 2.24) is 4.90 Å². The highest BCUT2D eigenvalue weighted by atomic mass is 16.5. The van der Waals surface area contributed by atoms with Gasteiger partial charge in [-0.3, -0.25) is 4.79 Å². The maximum Gasteiger partial charge on any atom is 0.321 e. The molecule has 1 aliphatic rings. The first-order valence-corrected chi connectivity index (χ1v) is 7.87. The number of nitrogens with one attached hydrogen (secondary N) is 1. The van der Waals surface area contributed by atoms with E-state index in [-0.39, 0.29) is 17.9 Å². The van der Waals surface area contributed by atoms with Gasteiger partial charge < -0.3 is 19.7 Å². The van der Waals surface area contributed by atoms with Gasteiger partial charge in [0.05, 0.1) is 25.7 Å². The van der Waals surface area contributed by atoms with Crippen LogP contribution in [-0.4, -0.2) is 43.7 Å². The number of urea groups is 1. The predicted molar refractivity (Wildman–Crippen MR) is 87.7 cm³/mol. The third-order valence-electron chi connectivity index (χ3n) is 3.91. The van der Waals surface area contributed by atoms with E-state index in [2.05, 4.69) is 16.1 Å². The highest BCUT2D eigenvalue weighted by Crippen LogP contribution is 2.24. The Kier molecular flexibility index (Phi) is 6.01. The number of hydrogen-bond acceptors (Lipinski definition) is 5. The zero-order valence-corrected chi connectivity index (χ0v) is 13.9. The lowest BCUT2D eigenvalue weighted by atomic mass is 10.1. The van der Waals surface area contributed by atoms with Crippen molar-refractivity contribution in [2.75, 3.05) is 32.1 Å². The number of esters is 1. The Morgan fingerprint density at radius 3 is 2.92 bits per heavy atom. The first kappa shape index (κ1) is 17.6. The molecule has 1 aromatic rings. The predicted octanol–water partition coefficient (Wildman–Crippen LogP) is 2.37. The molecule has 0 spiro atoms. The van der Waals surface area contributed by atoms with Gasteiger partial charge in [0, 0.05) is 18.8 Å². The summed E-state index contributed by atoms with van der Waals surface area (Å²) < 4.78 is 10.0. The number of ether oxygens (including phenoxy) is 2. The van der Waals surface area contributed by atoms with E-state index >= 15 is 0 Å². The fourth-order valence-electron chi connectivity index (χ4n) is 2.68. The molecule has 7 heteroatoms. The van der Waals surface area contributed by atoms with Crippen LogP contribution in [0.3, 0.4) is 0 Å². The summed E-state index contributed by atoms with van der Waals surface area (Å²) in [6.07, 6.45) is 1.09. The van der Waals surface area contributed by atoms with Crippen molar-refractivity contribution in [3.63, 3.8) is 0 Å². The smallest absolute Gasteiger partial charge is 0.321 e. The second-order valence-corrected chi connectivity index (χ2v) is 5.57. The summed E-state index contributed by atoms with van der Waals surface area (Å²) in [5.74, 6) is 0.364. The maximum atomic E-state index is 12.3. The largest absolute Gasteiger partial charge is 0.492 e. The number of benzene rings is 1. The fourth-order valence-corrected chi connectivity index (χ4v) is 2.68. The lowest BCUT2D eigenvalue weighted by Gasteiger charge is -2.17. The molecule has 1 aromatic carbocycles. The summed E-state index contributed by atoms with van der Waals surface area (Å²) in [7, 11) is 1.36. The van der Waals surface area contributed by atoms with Crippen LogP contribution in [0.5, 0.6) is 5.75 Å². The lowest BCUT2D eigenvalue weighted by Crippen LogP contribution is -2.33. The first-order chi connectivity index (χ1) is 11.6. The van der Waals surface area contributed by atoms with E-state index < -0.39 is 0 Å². The summed E-state index contributed by atoms with van der Waals surface area (Å²) in [6, 6.07) is 6.77. The zero-order valence-electron chi connectivity index (χ0n) is 13.9. The Labute approximate surface area is 141 Å². The second kappa shape index (κ2) is 8.20. The van der Waals surface area contributed by atoms with Crippen molar-refractivity contribution in [2.45, 2.75) is 19.8 Å². The van der Waals surface area contributed by atoms with Crippen LogP contribution in [0.2, 0.25) is 0 Å². The van der Waals surface area contributed by atoms with Crippen molar-refractivity contribution in [3.8, 4) is 11.8 Å². The standard InChI is InChI=1S/C17H21N3O4/c1-3-24-15-5-4-14(9-13(15)10-18)19-17(22)20-7-6-12(11-20)8-16(21)23-2/h4-5,9,12H,3,6-8,11H2,1-2H3,(H,19,22)/t12-/m1/s1. The lowest BCUT2D eigenvalue weighted by molar-refractivity contribution is -0.141. The van der Waals surface area contributed by atoms with Crippen LogP contribution < -0.4 is 10.1 Å². The van der Waals surface area contributed by atoms with Crippen molar-refractivity contribution < 1.29 is 19.1 Å². The van der Waals surface area contributed by atoms with Gasteiger partial charge >= 0.3 is 12.0 Å². The minimum atomic E-state index is -0.257. The maximum absolute atomic E-state index is 12.3. The van der Waals surface area contributed by atoms with Crippen LogP contribution in [-0.2, 0) is 9.53 Å². The van der Waals surface area contributed by atoms with E-state index in [1.807, 2.05) is 6.92 Å². The molecule has 7 nitrogen and oxygen atoms in total. The number of amides is 2. The van der Waals surface area contributed by atoms with E-state index in [1.165, 1.54) is 7.11 Å². The average molecular weight is 331 g/mol. The Hall–Kier alpha value is -2.75. The molecule has 1 aliphatic heterocycles. The molecule has 0 aliphatic carbocycles. The molecule has 0 radical (unpaired) electrons. The Bertz CT molecular complexity index is 654. The summed E-state index contributed by atoms with van der Waals surface area (Å²) in [4.78, 5) is 25.3. The topological polar surface area (TPSA) is 91.7 Å². The van der Waals surface area contributed by atoms with Gasteiger partial charge in [-0.05, 0) is 37.5 Å². The van der Waals surface area contributed by atoms with Gasteiger partial charge in [0.2, 0.25) is 0 Å². The third-order valence-corrected chi connectivity index (χ3v) is 3.91. The molecule has 0 unspecified atom stereocenters. The molecule has 1 fully saturated rings. The number of nitrogens with zero attached hydrogens (tertiary/aromatic N) is 2. The van der Waals surface area contributed by atoms with Gasteiger partial charge in [0.25, 0.3) is 0 Å². The molecule has 24 heavy (non-hydrogen) atoms. The van der Waals surface area contributed by atoms with Crippen molar-refractivity contribution in [3.05, 3.63) is 23.8 Å². The Morgan fingerprint density at radius 2 is 2.25 bits per heavy atom. The van der Waals surface area contributed by atoms with E-state index in [0.717, 1.165) is 6.42 Å². The van der Waals surface area contributed by atoms with Crippen LogP contribution in [0, 0.1) is 17.2 Å². The number of rotatable bonds is 5. The number of anilines is 1. The molecule has 0 saturated carbocycles. The molecule has 1 atom stereocenters. The number of methoxy groups -OCH3 is 1. The molecule has 128 valence electrons. The van der Waals surface area contributed by atoms with Crippen LogP contribution in [0.4, 0.5) is 10.5 Å². The van der Waals surface area contributed by atoms with Gasteiger partial charge in [0.15, 0.2) is 0 Å². The molecule has 1 N–H and O–H groups in total.